The molecule has 0 saturated heterocycles. The van der Waals surface area contributed by atoms with E-state index in [0.717, 1.165) is 13.0 Å². The topological polar surface area (TPSA) is 9.23 Å². The maximum absolute atomic E-state index is 5.64. The predicted octanol–water partition coefficient (Wildman–Crippen LogP) is 2.90. The van der Waals surface area contributed by atoms with E-state index >= 15 is 0 Å². The van der Waals surface area contributed by atoms with Crippen molar-refractivity contribution >= 4 is 23.2 Å². The summed E-state index contributed by atoms with van der Waals surface area (Å²) in [4.78, 5) is 0. The first kappa shape index (κ1) is 11.5. The summed E-state index contributed by atoms with van der Waals surface area (Å²) in [6.45, 7) is 4.81. The predicted molar refractivity (Wildman–Crippen MR) is 50.6 cm³/mol. The summed E-state index contributed by atoms with van der Waals surface area (Å²) in [5.74, 6) is 1.66. The molecule has 0 saturated carbocycles. The van der Waals surface area contributed by atoms with Crippen LogP contribution in [0.3, 0.4) is 0 Å². The van der Waals surface area contributed by atoms with Gasteiger partial charge in [0.2, 0.25) is 0 Å². The third-order valence-corrected chi connectivity index (χ3v) is 2.29. The highest BCUT2D eigenvalue weighted by Crippen LogP contribution is 2.08. The van der Waals surface area contributed by atoms with Crippen molar-refractivity contribution in [2.75, 3.05) is 18.4 Å². The second-order valence-electron chi connectivity index (χ2n) is 2.88. The molecule has 0 atom stereocenters. The van der Waals surface area contributed by atoms with Gasteiger partial charge in [0.1, 0.15) is 0 Å². The molecule has 0 bridgehead atoms. The van der Waals surface area contributed by atoms with Gasteiger partial charge in [-0.3, -0.25) is 0 Å². The first-order chi connectivity index (χ1) is 5.20. The van der Waals surface area contributed by atoms with Gasteiger partial charge in [0.15, 0.2) is 0 Å². The minimum absolute atomic E-state index is 0.307. The Hall–Kier alpha value is 0.540. The third-order valence-electron chi connectivity index (χ3n) is 1.41. The molecule has 1 nitrogen and oxygen atoms in total. The van der Waals surface area contributed by atoms with Crippen LogP contribution in [0.15, 0.2) is 0 Å². The second-order valence-corrected chi connectivity index (χ2v) is 3.50. The van der Waals surface area contributed by atoms with E-state index in [4.69, 9.17) is 27.9 Å². The van der Waals surface area contributed by atoms with Gasteiger partial charge in [0, 0.05) is 18.4 Å². The Morgan fingerprint density at radius 2 is 1.73 bits per heavy atom. The summed E-state index contributed by atoms with van der Waals surface area (Å²) in [6, 6.07) is 0. The Balaban J connectivity index is 3.21. The van der Waals surface area contributed by atoms with Crippen molar-refractivity contribution in [2.45, 2.75) is 26.4 Å². The van der Waals surface area contributed by atoms with Gasteiger partial charge in [-0.1, -0.05) is 0 Å². The monoisotopic (exact) mass is 198 g/mol. The lowest BCUT2D eigenvalue weighted by atomic mass is 10.1. The van der Waals surface area contributed by atoms with Crippen LogP contribution in [-0.2, 0) is 4.74 Å². The number of ether oxygens (including phenoxy) is 1. The van der Waals surface area contributed by atoms with E-state index < -0.39 is 0 Å². The van der Waals surface area contributed by atoms with Crippen LogP contribution in [0, 0.1) is 5.92 Å². The lowest BCUT2D eigenvalue weighted by Gasteiger charge is -2.11. The fraction of sp³-hybridized carbons (Fsp3) is 1.00. The first-order valence-corrected chi connectivity index (χ1v) is 5.01. The zero-order valence-electron chi connectivity index (χ0n) is 7.15. The molecule has 0 aliphatic rings. The van der Waals surface area contributed by atoms with Crippen molar-refractivity contribution in [1.82, 2.24) is 0 Å². The lowest BCUT2D eigenvalue weighted by molar-refractivity contribution is 0.0714. The molecule has 0 aromatic rings. The molecule has 0 amide bonds. The van der Waals surface area contributed by atoms with Gasteiger partial charge >= 0.3 is 0 Å². The smallest absolute Gasteiger partial charge is 0.0518 e. The molecular weight excluding hydrogens is 183 g/mol. The molecule has 0 aliphatic heterocycles. The zero-order chi connectivity index (χ0) is 8.69. The normalized spacial score (nSPS) is 11.5. The van der Waals surface area contributed by atoms with Crippen molar-refractivity contribution in [2.24, 2.45) is 5.92 Å². The van der Waals surface area contributed by atoms with Gasteiger partial charge in [-0.2, -0.15) is 0 Å². The van der Waals surface area contributed by atoms with Gasteiger partial charge in [-0.05, 0) is 26.2 Å². The summed E-state index contributed by atoms with van der Waals surface area (Å²) in [5, 5.41) is 0. The minimum atomic E-state index is 0.307. The van der Waals surface area contributed by atoms with Crippen LogP contribution in [0.4, 0.5) is 0 Å². The van der Waals surface area contributed by atoms with Gasteiger partial charge in [0.25, 0.3) is 0 Å². The molecule has 68 valence electrons. The van der Waals surface area contributed by atoms with E-state index in [9.17, 15) is 0 Å². The summed E-state index contributed by atoms with van der Waals surface area (Å²) < 4.78 is 5.36. The summed E-state index contributed by atoms with van der Waals surface area (Å²) in [6.07, 6.45) is 1.27. The Bertz CT molecular complexity index is 82.2. The summed E-state index contributed by atoms with van der Waals surface area (Å²) in [7, 11) is 0. The molecule has 0 aromatic heterocycles. The molecule has 0 fully saturated rings. The van der Waals surface area contributed by atoms with Crippen molar-refractivity contribution in [3.8, 4) is 0 Å². The summed E-state index contributed by atoms with van der Waals surface area (Å²) >= 11 is 11.3. The Morgan fingerprint density at radius 1 is 1.18 bits per heavy atom. The molecule has 0 rings (SSSR count). The van der Waals surface area contributed by atoms with Gasteiger partial charge in [-0.15, -0.1) is 23.2 Å². The largest absolute Gasteiger partial charge is 0.379 e. The van der Waals surface area contributed by atoms with Crippen LogP contribution in [0.2, 0.25) is 0 Å². The van der Waals surface area contributed by atoms with Crippen LogP contribution < -0.4 is 0 Å². The van der Waals surface area contributed by atoms with Crippen LogP contribution >= 0.6 is 23.2 Å². The molecule has 0 radical (unpaired) electrons. The van der Waals surface area contributed by atoms with Crippen molar-refractivity contribution in [1.29, 1.82) is 0 Å². The molecular formula is C8H16Cl2O. The highest BCUT2D eigenvalue weighted by Gasteiger charge is 2.05. The van der Waals surface area contributed by atoms with E-state index in [1.165, 1.54) is 0 Å². The number of hydrogen-bond donors (Lipinski definition) is 0. The fourth-order valence-corrected chi connectivity index (χ4v) is 1.30. The highest BCUT2D eigenvalue weighted by molar-refractivity contribution is 6.20. The minimum Gasteiger partial charge on any atom is -0.379 e. The SMILES string of the molecule is CC(C)OCCC(CCl)CCl. The quantitative estimate of drug-likeness (QED) is 0.597. The Kier molecular flexibility index (Phi) is 7.56. The van der Waals surface area contributed by atoms with Crippen LogP contribution in [0.5, 0.6) is 0 Å². The molecule has 0 unspecified atom stereocenters. The maximum Gasteiger partial charge on any atom is 0.0518 e. The third kappa shape index (κ3) is 6.92. The van der Waals surface area contributed by atoms with E-state index in [2.05, 4.69) is 0 Å². The fourth-order valence-electron chi connectivity index (χ4n) is 0.666. The average Bonchev–Trinajstić information content (AvgIpc) is 1.98. The molecule has 0 spiro atoms. The van der Waals surface area contributed by atoms with Crippen LogP contribution in [-0.4, -0.2) is 24.5 Å². The Labute approximate surface area is 79.0 Å². The van der Waals surface area contributed by atoms with Crippen molar-refractivity contribution in [3.05, 3.63) is 0 Å². The van der Waals surface area contributed by atoms with Crippen LogP contribution in [0.1, 0.15) is 20.3 Å². The van der Waals surface area contributed by atoms with E-state index in [-0.39, 0.29) is 0 Å². The maximum atomic E-state index is 5.64. The zero-order valence-corrected chi connectivity index (χ0v) is 8.66. The van der Waals surface area contributed by atoms with Gasteiger partial charge in [0.05, 0.1) is 6.10 Å². The van der Waals surface area contributed by atoms with Crippen molar-refractivity contribution in [3.63, 3.8) is 0 Å². The number of halogens is 2. The number of hydrogen-bond acceptors (Lipinski definition) is 1. The molecule has 0 heterocycles. The number of rotatable bonds is 6. The summed E-state index contributed by atoms with van der Waals surface area (Å²) in [5.41, 5.74) is 0. The highest BCUT2D eigenvalue weighted by atomic mass is 35.5. The molecule has 0 aromatic carbocycles. The molecule has 11 heavy (non-hydrogen) atoms. The van der Waals surface area contributed by atoms with Crippen molar-refractivity contribution < 1.29 is 4.74 Å². The average molecular weight is 199 g/mol. The van der Waals surface area contributed by atoms with Gasteiger partial charge in [-0.25, -0.2) is 0 Å². The first-order valence-electron chi connectivity index (χ1n) is 3.94. The van der Waals surface area contributed by atoms with Crippen LogP contribution in [0.25, 0.3) is 0 Å². The van der Waals surface area contributed by atoms with Gasteiger partial charge < -0.3 is 4.74 Å². The lowest BCUT2D eigenvalue weighted by Crippen LogP contribution is -2.11. The standard InChI is InChI=1S/C8H16Cl2O/c1-7(2)11-4-3-8(5-9)6-10/h7-8H,3-6H2,1-2H3. The molecule has 0 aliphatic carbocycles. The van der Waals surface area contributed by atoms with E-state index in [0.29, 0.717) is 23.8 Å². The van der Waals surface area contributed by atoms with E-state index in [1.807, 2.05) is 13.8 Å². The second kappa shape index (κ2) is 7.20. The molecule has 0 N–H and O–H groups in total. The Morgan fingerprint density at radius 3 is 2.09 bits per heavy atom. The number of alkyl halides is 2. The van der Waals surface area contributed by atoms with E-state index in [1.54, 1.807) is 0 Å². The molecule has 3 heteroatoms.